The summed E-state index contributed by atoms with van der Waals surface area (Å²) in [6, 6.07) is 7.67. The first-order valence-corrected chi connectivity index (χ1v) is 5.63. The van der Waals surface area contributed by atoms with E-state index in [9.17, 15) is 0 Å². The maximum absolute atomic E-state index is 5.99. The van der Waals surface area contributed by atoms with Crippen LogP contribution in [0.15, 0.2) is 34.8 Å². The van der Waals surface area contributed by atoms with Crippen LogP contribution in [-0.4, -0.2) is 5.88 Å². The molecule has 78 valence electrons. The molecule has 0 bridgehead atoms. The Morgan fingerprint density at radius 2 is 2.20 bits per heavy atom. The summed E-state index contributed by atoms with van der Waals surface area (Å²) in [5.41, 5.74) is 0.740. The third-order valence-electron chi connectivity index (χ3n) is 2.07. The lowest BCUT2D eigenvalue weighted by atomic mass is 10.2. The Kier molecular flexibility index (Phi) is 3.34. The van der Waals surface area contributed by atoms with Gasteiger partial charge in [-0.2, -0.15) is 0 Å². The molecule has 1 nitrogen and oxygen atoms in total. The van der Waals surface area contributed by atoms with E-state index in [4.69, 9.17) is 27.6 Å². The van der Waals surface area contributed by atoms with Crippen LogP contribution in [0.5, 0.6) is 0 Å². The highest BCUT2D eigenvalue weighted by molar-refractivity contribution is 6.34. The fourth-order valence-electron chi connectivity index (χ4n) is 1.39. The highest BCUT2D eigenvalue weighted by Crippen LogP contribution is 2.27. The van der Waals surface area contributed by atoms with E-state index < -0.39 is 0 Å². The Balaban J connectivity index is 2.35. The van der Waals surface area contributed by atoms with Crippen molar-refractivity contribution in [3.63, 3.8) is 0 Å². The van der Waals surface area contributed by atoms with Crippen LogP contribution in [0.1, 0.15) is 12.2 Å². The SMILES string of the molecule is ClCC/C=C/c1cc2cccc(Cl)c2o1. The molecule has 0 atom stereocenters. The Morgan fingerprint density at radius 1 is 1.33 bits per heavy atom. The number of fused-ring (bicyclic) bond motifs is 1. The minimum Gasteiger partial charge on any atom is -0.455 e. The highest BCUT2D eigenvalue weighted by Gasteiger charge is 2.03. The molecule has 0 N–H and O–H groups in total. The predicted molar refractivity (Wildman–Crippen MR) is 65.6 cm³/mol. The number of benzene rings is 1. The van der Waals surface area contributed by atoms with Crippen molar-refractivity contribution in [2.75, 3.05) is 5.88 Å². The Morgan fingerprint density at radius 3 is 2.93 bits per heavy atom. The van der Waals surface area contributed by atoms with E-state index in [1.807, 2.05) is 36.4 Å². The first kappa shape index (κ1) is 10.6. The van der Waals surface area contributed by atoms with Gasteiger partial charge in [0.05, 0.1) is 5.02 Å². The summed E-state index contributed by atoms with van der Waals surface area (Å²) in [5, 5.41) is 1.66. The lowest BCUT2D eigenvalue weighted by Crippen LogP contribution is -1.66. The molecule has 0 aliphatic rings. The number of allylic oxidation sites excluding steroid dienone is 1. The van der Waals surface area contributed by atoms with Crippen molar-refractivity contribution in [1.29, 1.82) is 0 Å². The van der Waals surface area contributed by atoms with Gasteiger partial charge < -0.3 is 4.42 Å². The zero-order chi connectivity index (χ0) is 10.7. The molecule has 0 radical (unpaired) electrons. The van der Waals surface area contributed by atoms with E-state index in [0.29, 0.717) is 10.9 Å². The van der Waals surface area contributed by atoms with Gasteiger partial charge in [0.1, 0.15) is 5.76 Å². The van der Waals surface area contributed by atoms with Crippen LogP contribution in [0.4, 0.5) is 0 Å². The Hall–Kier alpha value is -0.920. The second-order valence-corrected chi connectivity index (χ2v) is 3.97. The third kappa shape index (κ3) is 2.36. The molecule has 2 aromatic rings. The summed E-state index contributed by atoms with van der Waals surface area (Å²) in [4.78, 5) is 0. The van der Waals surface area contributed by atoms with Gasteiger partial charge >= 0.3 is 0 Å². The maximum Gasteiger partial charge on any atom is 0.153 e. The van der Waals surface area contributed by atoms with Gasteiger partial charge in [0.15, 0.2) is 5.58 Å². The number of halogens is 2. The third-order valence-corrected chi connectivity index (χ3v) is 2.59. The Labute approximate surface area is 98.3 Å². The van der Waals surface area contributed by atoms with Crippen LogP contribution < -0.4 is 0 Å². The molecule has 1 aromatic heterocycles. The van der Waals surface area contributed by atoms with Crippen molar-refractivity contribution in [2.45, 2.75) is 6.42 Å². The summed E-state index contributed by atoms with van der Waals surface area (Å²) < 4.78 is 5.58. The number of hydrogen-bond acceptors (Lipinski definition) is 1. The van der Waals surface area contributed by atoms with Crippen molar-refractivity contribution in [3.8, 4) is 0 Å². The van der Waals surface area contributed by atoms with Gasteiger partial charge in [0.25, 0.3) is 0 Å². The van der Waals surface area contributed by atoms with E-state index >= 15 is 0 Å². The minimum atomic E-state index is 0.623. The molecule has 0 aliphatic heterocycles. The fraction of sp³-hybridized carbons (Fsp3) is 0.167. The van der Waals surface area contributed by atoms with E-state index in [2.05, 4.69) is 0 Å². The van der Waals surface area contributed by atoms with Crippen molar-refractivity contribution in [1.82, 2.24) is 0 Å². The van der Waals surface area contributed by atoms with E-state index in [1.165, 1.54) is 0 Å². The second-order valence-electron chi connectivity index (χ2n) is 3.19. The molecule has 0 saturated carbocycles. The Bertz CT molecular complexity index is 485. The number of furan rings is 1. The first-order valence-electron chi connectivity index (χ1n) is 4.72. The maximum atomic E-state index is 5.99. The topological polar surface area (TPSA) is 13.1 Å². The van der Waals surface area contributed by atoms with Crippen LogP contribution in [0.25, 0.3) is 17.0 Å². The zero-order valence-electron chi connectivity index (χ0n) is 8.04. The minimum absolute atomic E-state index is 0.623. The van der Waals surface area contributed by atoms with Gasteiger partial charge in [-0.05, 0) is 24.6 Å². The number of para-hydroxylation sites is 1. The highest BCUT2D eigenvalue weighted by atomic mass is 35.5. The summed E-state index contributed by atoms with van der Waals surface area (Å²) in [6.07, 6.45) is 4.74. The summed E-state index contributed by atoms with van der Waals surface area (Å²) in [5.74, 6) is 1.43. The van der Waals surface area contributed by atoms with Gasteiger partial charge in [0.2, 0.25) is 0 Å². The fourth-order valence-corrected chi connectivity index (χ4v) is 1.74. The smallest absolute Gasteiger partial charge is 0.153 e. The van der Waals surface area contributed by atoms with E-state index in [0.717, 1.165) is 23.2 Å². The normalized spacial score (nSPS) is 11.6. The summed E-state index contributed by atoms with van der Waals surface area (Å²) in [7, 11) is 0. The molecule has 0 amide bonds. The van der Waals surface area contributed by atoms with Crippen LogP contribution in [0.2, 0.25) is 5.02 Å². The molecule has 15 heavy (non-hydrogen) atoms. The molecular formula is C12H10Cl2O. The van der Waals surface area contributed by atoms with Crippen molar-refractivity contribution >= 4 is 40.2 Å². The summed E-state index contributed by atoms with van der Waals surface area (Å²) >= 11 is 11.6. The van der Waals surface area contributed by atoms with Gasteiger partial charge in [-0.1, -0.05) is 29.8 Å². The largest absolute Gasteiger partial charge is 0.455 e. The summed E-state index contributed by atoms with van der Waals surface area (Å²) in [6.45, 7) is 0. The monoisotopic (exact) mass is 240 g/mol. The molecule has 1 heterocycles. The van der Waals surface area contributed by atoms with Crippen LogP contribution >= 0.6 is 23.2 Å². The molecular weight excluding hydrogens is 231 g/mol. The van der Waals surface area contributed by atoms with Gasteiger partial charge in [-0.3, -0.25) is 0 Å². The van der Waals surface area contributed by atoms with Gasteiger partial charge in [-0.15, -0.1) is 11.6 Å². The predicted octanol–water partition coefficient (Wildman–Crippen LogP) is 4.73. The van der Waals surface area contributed by atoms with Crippen LogP contribution in [0.3, 0.4) is 0 Å². The van der Waals surface area contributed by atoms with Crippen LogP contribution in [0, 0.1) is 0 Å². The van der Waals surface area contributed by atoms with E-state index in [-0.39, 0.29) is 0 Å². The molecule has 3 heteroatoms. The average Bonchev–Trinajstić information content (AvgIpc) is 2.63. The lowest BCUT2D eigenvalue weighted by molar-refractivity contribution is 0.604. The molecule has 0 aliphatic carbocycles. The van der Waals surface area contributed by atoms with Crippen LogP contribution in [-0.2, 0) is 0 Å². The average molecular weight is 241 g/mol. The zero-order valence-corrected chi connectivity index (χ0v) is 9.55. The molecule has 0 saturated heterocycles. The quantitative estimate of drug-likeness (QED) is 0.708. The first-order chi connectivity index (χ1) is 7.31. The van der Waals surface area contributed by atoms with E-state index in [1.54, 1.807) is 0 Å². The number of rotatable bonds is 3. The van der Waals surface area contributed by atoms with Crippen molar-refractivity contribution < 1.29 is 4.42 Å². The molecule has 0 unspecified atom stereocenters. The van der Waals surface area contributed by atoms with Crippen molar-refractivity contribution in [3.05, 3.63) is 41.1 Å². The van der Waals surface area contributed by atoms with Crippen molar-refractivity contribution in [2.24, 2.45) is 0 Å². The van der Waals surface area contributed by atoms with Gasteiger partial charge in [0, 0.05) is 11.3 Å². The van der Waals surface area contributed by atoms with Gasteiger partial charge in [-0.25, -0.2) is 0 Å². The molecule has 1 aromatic carbocycles. The lowest BCUT2D eigenvalue weighted by Gasteiger charge is -1.89. The standard InChI is InChI=1S/C12H10Cl2O/c13-7-2-1-5-10-8-9-4-3-6-11(14)12(9)15-10/h1,3-6,8H,2,7H2/b5-1+. The molecule has 2 rings (SSSR count). The second kappa shape index (κ2) is 4.73. The molecule has 0 fully saturated rings. The number of hydrogen-bond donors (Lipinski definition) is 0. The number of alkyl halides is 1. The molecule has 0 spiro atoms.